The number of allylic oxidation sites excluding steroid dienone is 1. The summed E-state index contributed by atoms with van der Waals surface area (Å²) in [5.74, 6) is 0.327. The first-order valence-electron chi connectivity index (χ1n) is 12.3. The molecule has 0 amide bonds. The van der Waals surface area contributed by atoms with Gasteiger partial charge in [0.1, 0.15) is 0 Å². The molecule has 0 saturated heterocycles. The highest BCUT2D eigenvalue weighted by molar-refractivity contribution is 5.85. The van der Waals surface area contributed by atoms with Crippen molar-refractivity contribution >= 4 is 33.7 Å². The molecule has 8 bridgehead atoms. The van der Waals surface area contributed by atoms with Gasteiger partial charge in [-0.2, -0.15) is 0 Å². The Kier molecular flexibility index (Phi) is 5.48. The van der Waals surface area contributed by atoms with Gasteiger partial charge in [-0.3, -0.25) is 4.98 Å². The standard InChI is InChI=1S/C29H34N4O/c1-8-20-16(4)25-13-28-29(19(7)34)18(6)26(33-28)11-21-14(2)9-23(30-21)17(5)24-10-15(3)22(31-24)12-27(20)32-25/h10-14,19,32-34H,8-9H2,1-7H3. The summed E-state index contributed by atoms with van der Waals surface area (Å²) in [7, 11) is 0. The van der Waals surface area contributed by atoms with Gasteiger partial charge in [0.2, 0.25) is 0 Å². The first-order valence-corrected chi connectivity index (χ1v) is 12.3. The molecular formula is C29H34N4O. The third-order valence-electron chi connectivity index (χ3n) is 7.54. The number of aryl methyl sites for hydroxylation is 3. The summed E-state index contributed by atoms with van der Waals surface area (Å²) in [6.07, 6.45) is 3.44. The summed E-state index contributed by atoms with van der Waals surface area (Å²) in [5.41, 5.74) is 15.1. The van der Waals surface area contributed by atoms with Crippen molar-refractivity contribution in [2.75, 3.05) is 0 Å². The van der Waals surface area contributed by atoms with E-state index in [2.05, 4.69) is 75.8 Å². The molecule has 2 aliphatic heterocycles. The fraction of sp³-hybridized carbons (Fsp3) is 0.379. The van der Waals surface area contributed by atoms with Gasteiger partial charge in [-0.15, -0.1) is 0 Å². The Hall–Kier alpha value is -3.18. The number of hydrogen-bond donors (Lipinski definition) is 3. The van der Waals surface area contributed by atoms with Crippen LogP contribution in [0.25, 0.3) is 33.7 Å². The molecule has 34 heavy (non-hydrogen) atoms. The monoisotopic (exact) mass is 454 g/mol. The van der Waals surface area contributed by atoms with Crippen molar-refractivity contribution in [3.05, 3.63) is 68.8 Å². The van der Waals surface area contributed by atoms with Crippen LogP contribution in [0.3, 0.4) is 0 Å². The van der Waals surface area contributed by atoms with Crippen molar-refractivity contribution in [1.29, 1.82) is 0 Å². The molecule has 176 valence electrons. The van der Waals surface area contributed by atoms with E-state index >= 15 is 0 Å². The lowest BCUT2D eigenvalue weighted by atomic mass is 10.0. The van der Waals surface area contributed by atoms with Crippen molar-refractivity contribution in [1.82, 2.24) is 19.9 Å². The molecule has 5 rings (SSSR count). The molecule has 5 heteroatoms. The number of H-pyrrole nitrogens is 2. The lowest BCUT2D eigenvalue weighted by Crippen LogP contribution is -1.92. The van der Waals surface area contributed by atoms with E-state index < -0.39 is 6.10 Å². The first-order chi connectivity index (χ1) is 16.2. The summed E-state index contributed by atoms with van der Waals surface area (Å²) in [4.78, 5) is 17.3. The van der Waals surface area contributed by atoms with E-state index in [9.17, 15) is 5.11 Å². The number of rotatable bonds is 2. The van der Waals surface area contributed by atoms with Crippen LogP contribution >= 0.6 is 0 Å². The van der Waals surface area contributed by atoms with E-state index in [4.69, 9.17) is 9.97 Å². The Bertz CT molecular complexity index is 1500. The SMILES string of the molecule is CCc1c(C)c2cc3[nH]c(cc4nc(c(C)c5nc(cc1[nH]2)C(C)=C5)CC4C)c(C)c3C(C)O. The van der Waals surface area contributed by atoms with Crippen molar-refractivity contribution in [2.45, 2.75) is 73.3 Å². The predicted molar refractivity (Wildman–Crippen MR) is 141 cm³/mol. The van der Waals surface area contributed by atoms with E-state index in [0.717, 1.165) is 74.4 Å². The number of hydrogen-bond acceptors (Lipinski definition) is 3. The van der Waals surface area contributed by atoms with Crippen molar-refractivity contribution in [2.24, 2.45) is 0 Å². The Balaban J connectivity index is 1.99. The second-order valence-corrected chi connectivity index (χ2v) is 9.93. The van der Waals surface area contributed by atoms with Gasteiger partial charge in [-0.1, -0.05) is 13.8 Å². The topological polar surface area (TPSA) is 77.6 Å². The smallest absolute Gasteiger partial charge is 0.0785 e. The Morgan fingerprint density at radius 3 is 2.35 bits per heavy atom. The Labute approximate surface area is 201 Å². The molecular weight excluding hydrogens is 420 g/mol. The Morgan fingerprint density at radius 1 is 0.941 bits per heavy atom. The molecule has 0 aliphatic carbocycles. The molecule has 5 nitrogen and oxygen atoms in total. The fourth-order valence-electron chi connectivity index (χ4n) is 5.41. The quantitative estimate of drug-likeness (QED) is 0.400. The molecule has 0 spiro atoms. The minimum atomic E-state index is -0.575. The minimum Gasteiger partial charge on any atom is -0.389 e. The van der Waals surface area contributed by atoms with Gasteiger partial charge in [0, 0.05) is 44.9 Å². The number of nitrogens with one attached hydrogen (secondary N) is 2. The lowest BCUT2D eigenvalue weighted by Gasteiger charge is -2.03. The number of fused-ring (bicyclic) bond motifs is 8. The molecule has 2 atom stereocenters. The van der Waals surface area contributed by atoms with Crippen LogP contribution in [0.1, 0.15) is 90.3 Å². The van der Waals surface area contributed by atoms with Gasteiger partial charge < -0.3 is 15.1 Å². The molecule has 5 heterocycles. The van der Waals surface area contributed by atoms with E-state index in [0.29, 0.717) is 5.92 Å². The molecule has 3 aromatic heterocycles. The first kappa shape index (κ1) is 22.6. The molecule has 2 aliphatic rings. The van der Waals surface area contributed by atoms with Crippen LogP contribution in [-0.2, 0) is 12.8 Å². The van der Waals surface area contributed by atoms with Gasteiger partial charge in [0.05, 0.1) is 17.5 Å². The van der Waals surface area contributed by atoms with Crippen molar-refractivity contribution in [3.8, 4) is 0 Å². The van der Waals surface area contributed by atoms with Crippen LogP contribution in [0.5, 0.6) is 0 Å². The summed E-state index contributed by atoms with van der Waals surface area (Å²) in [6.45, 7) is 14.8. The third-order valence-corrected chi connectivity index (χ3v) is 7.54. The van der Waals surface area contributed by atoms with Gasteiger partial charge in [-0.25, -0.2) is 4.98 Å². The molecule has 0 aromatic carbocycles. The number of nitrogens with zero attached hydrogens (tertiary/aromatic N) is 2. The van der Waals surface area contributed by atoms with Crippen LogP contribution in [0.15, 0.2) is 18.2 Å². The number of aliphatic hydroxyl groups excluding tert-OH is 1. The lowest BCUT2D eigenvalue weighted by molar-refractivity contribution is 0.200. The Morgan fingerprint density at radius 2 is 1.65 bits per heavy atom. The van der Waals surface area contributed by atoms with E-state index in [-0.39, 0.29) is 0 Å². The van der Waals surface area contributed by atoms with Crippen LogP contribution < -0.4 is 0 Å². The molecule has 3 aromatic rings. The maximum Gasteiger partial charge on any atom is 0.0785 e. The zero-order valence-corrected chi connectivity index (χ0v) is 21.2. The van der Waals surface area contributed by atoms with Crippen LogP contribution in [0, 0.1) is 20.8 Å². The molecule has 0 radical (unpaired) electrons. The maximum absolute atomic E-state index is 10.6. The van der Waals surface area contributed by atoms with E-state index in [1.165, 1.54) is 16.7 Å². The predicted octanol–water partition coefficient (Wildman–Crippen LogP) is 6.76. The summed E-state index contributed by atoms with van der Waals surface area (Å²) >= 11 is 0. The third kappa shape index (κ3) is 3.59. The second-order valence-electron chi connectivity index (χ2n) is 9.93. The summed E-state index contributed by atoms with van der Waals surface area (Å²) < 4.78 is 0. The number of aromatic amines is 2. The van der Waals surface area contributed by atoms with Crippen LogP contribution in [0.4, 0.5) is 0 Å². The zero-order chi connectivity index (χ0) is 24.3. The summed E-state index contributed by atoms with van der Waals surface area (Å²) in [6, 6.07) is 6.46. The highest BCUT2D eigenvalue weighted by Gasteiger charge is 2.21. The van der Waals surface area contributed by atoms with E-state index in [1.807, 2.05) is 6.92 Å². The highest BCUT2D eigenvalue weighted by Crippen LogP contribution is 2.33. The van der Waals surface area contributed by atoms with Gasteiger partial charge in [0.15, 0.2) is 0 Å². The van der Waals surface area contributed by atoms with Crippen molar-refractivity contribution in [3.63, 3.8) is 0 Å². The largest absolute Gasteiger partial charge is 0.389 e. The normalized spacial score (nSPS) is 16.6. The number of aliphatic hydroxyl groups is 1. The highest BCUT2D eigenvalue weighted by atomic mass is 16.3. The zero-order valence-electron chi connectivity index (χ0n) is 21.2. The van der Waals surface area contributed by atoms with Crippen molar-refractivity contribution < 1.29 is 5.11 Å². The average Bonchev–Trinajstić information content (AvgIpc) is 3.49. The van der Waals surface area contributed by atoms with Crippen LogP contribution in [-0.4, -0.2) is 25.0 Å². The fourth-order valence-corrected chi connectivity index (χ4v) is 5.41. The van der Waals surface area contributed by atoms with Gasteiger partial charge in [-0.05, 0) is 99.6 Å². The maximum atomic E-state index is 10.6. The van der Waals surface area contributed by atoms with E-state index in [1.54, 1.807) is 0 Å². The van der Waals surface area contributed by atoms with Crippen LogP contribution in [0.2, 0.25) is 0 Å². The molecule has 0 saturated carbocycles. The van der Waals surface area contributed by atoms with Gasteiger partial charge >= 0.3 is 0 Å². The molecule has 2 unspecified atom stereocenters. The number of aromatic nitrogens is 4. The average molecular weight is 455 g/mol. The second kappa shape index (κ2) is 8.24. The minimum absolute atomic E-state index is 0.327. The molecule has 0 fully saturated rings. The summed E-state index contributed by atoms with van der Waals surface area (Å²) in [5, 5.41) is 10.6. The van der Waals surface area contributed by atoms with Gasteiger partial charge in [0.25, 0.3) is 0 Å². The molecule has 3 N–H and O–H groups in total.